The summed E-state index contributed by atoms with van der Waals surface area (Å²) in [5.74, 6) is 0. The molecule has 0 fully saturated rings. The molecule has 0 atom stereocenters. The van der Waals surface area contributed by atoms with Gasteiger partial charge in [0.2, 0.25) is 0 Å². The van der Waals surface area contributed by atoms with Crippen LogP contribution in [-0.2, 0) is 19.6 Å². The summed E-state index contributed by atoms with van der Waals surface area (Å²) in [7, 11) is 0. The molecule has 0 aliphatic carbocycles. The van der Waals surface area contributed by atoms with Gasteiger partial charge in [-0.15, -0.1) is 0 Å². The molecule has 0 bridgehead atoms. The fraction of sp³-hybridized carbons (Fsp3) is 0. The summed E-state index contributed by atoms with van der Waals surface area (Å²) in [5, 5.41) is 0. The first-order valence-electron chi connectivity index (χ1n) is 0.724. The molecular formula is H4CaNiO3P. The van der Waals surface area contributed by atoms with Gasteiger partial charge in [0.1, 0.15) is 0 Å². The molecule has 0 radical (unpaired) electrons. The van der Waals surface area contributed by atoms with Gasteiger partial charge < -0.3 is 0 Å². The van der Waals surface area contributed by atoms with Gasteiger partial charge in [0.05, 0.1) is 0 Å². The Bertz CT molecular complexity index is 56.9. The first-order valence-corrected chi connectivity index (χ1v) is 3.50. The van der Waals surface area contributed by atoms with Crippen LogP contribution in [0.4, 0.5) is 0 Å². The van der Waals surface area contributed by atoms with Crippen molar-refractivity contribution in [2.24, 2.45) is 0 Å². The van der Waals surface area contributed by atoms with Gasteiger partial charge >= 0.3 is 73.5 Å². The molecule has 0 spiro atoms. The Morgan fingerprint density at radius 2 is 1.50 bits per heavy atom. The molecule has 0 aromatic heterocycles. The van der Waals surface area contributed by atoms with E-state index in [-0.39, 0.29) is 37.7 Å². The quantitative estimate of drug-likeness (QED) is 0.361. The summed E-state index contributed by atoms with van der Waals surface area (Å²) in [4.78, 5) is 14.9. The van der Waals surface area contributed by atoms with Crippen LogP contribution in [0.1, 0.15) is 0 Å². The number of hydrogen-bond donors (Lipinski definition) is 2. The monoisotopic (exact) mass is 181 g/mol. The minimum atomic E-state index is -4.01. The normalized spacial score (nSPS) is 10.0. The predicted molar refractivity (Wildman–Crippen MR) is 20.6 cm³/mol. The second-order valence-corrected chi connectivity index (χ2v) is 3.04. The van der Waals surface area contributed by atoms with E-state index in [2.05, 4.69) is 15.0 Å². The van der Waals surface area contributed by atoms with Crippen LogP contribution in [0.25, 0.3) is 0 Å². The minimum absolute atomic E-state index is 0. The first kappa shape index (κ1) is 10.8. The van der Waals surface area contributed by atoms with Crippen molar-refractivity contribution in [3.63, 3.8) is 0 Å². The first-order chi connectivity index (χ1) is 2.00. The van der Waals surface area contributed by atoms with Crippen LogP contribution in [0.3, 0.4) is 0 Å². The summed E-state index contributed by atoms with van der Waals surface area (Å²) < 4.78 is 9.16. The molecule has 6 heavy (non-hydrogen) atoms. The van der Waals surface area contributed by atoms with Crippen LogP contribution in [0.5, 0.6) is 0 Å². The van der Waals surface area contributed by atoms with Gasteiger partial charge in [0.15, 0.2) is 0 Å². The molecular weight excluding hydrogens is 178 g/mol. The molecule has 0 amide bonds. The van der Waals surface area contributed by atoms with Crippen molar-refractivity contribution in [2.45, 2.75) is 0 Å². The van der Waals surface area contributed by atoms with Crippen molar-refractivity contribution in [2.75, 3.05) is 0 Å². The Morgan fingerprint density at radius 3 is 1.50 bits per heavy atom. The molecule has 0 aromatic rings. The van der Waals surface area contributed by atoms with Crippen molar-refractivity contribution < 1.29 is 29.4 Å². The van der Waals surface area contributed by atoms with E-state index in [9.17, 15) is 0 Å². The van der Waals surface area contributed by atoms with Crippen LogP contribution in [0.2, 0.25) is 0 Å². The standard InChI is InChI=1S/Ca.Ni.HO3P.2H/c;;1-4(2)3;;/h;;(H-,1,2,3);;/q;-1;;;/p+1. The third-order valence-corrected chi connectivity index (χ3v) is 0. The van der Waals surface area contributed by atoms with Gasteiger partial charge in [0.25, 0.3) is 0 Å². The molecule has 0 unspecified atom stereocenters. The molecule has 0 heterocycles. The SMILES string of the molecule is O=[P](O)(O)[Ni].[CaH2]. The molecule has 6 heteroatoms. The van der Waals surface area contributed by atoms with Crippen molar-refractivity contribution in [3.8, 4) is 0 Å². The van der Waals surface area contributed by atoms with E-state index < -0.39 is 6.37 Å². The van der Waals surface area contributed by atoms with Crippen molar-refractivity contribution in [1.29, 1.82) is 0 Å². The van der Waals surface area contributed by atoms with Gasteiger partial charge in [-0.2, -0.15) is 0 Å². The average molecular weight is 182 g/mol. The third kappa shape index (κ3) is 39.2. The van der Waals surface area contributed by atoms with Crippen LogP contribution in [0, 0.1) is 0 Å². The topological polar surface area (TPSA) is 57.5 Å². The molecule has 0 saturated heterocycles. The Balaban J connectivity index is 0. The molecule has 0 saturated carbocycles. The molecule has 0 aromatic carbocycles. The van der Waals surface area contributed by atoms with E-state index >= 15 is 0 Å². The maximum atomic E-state index is 9.16. The van der Waals surface area contributed by atoms with Crippen LogP contribution in [-0.4, -0.2) is 47.5 Å². The van der Waals surface area contributed by atoms with E-state index in [1.54, 1.807) is 0 Å². The fourth-order valence-corrected chi connectivity index (χ4v) is 0. The maximum absolute atomic E-state index is 9.16. The molecule has 0 aliphatic rings. The van der Waals surface area contributed by atoms with Gasteiger partial charge in [-0.1, -0.05) is 0 Å². The second kappa shape index (κ2) is 3.85. The van der Waals surface area contributed by atoms with Crippen LogP contribution in [0.15, 0.2) is 0 Å². The Kier molecular flexibility index (Phi) is 6.94. The summed E-state index contributed by atoms with van der Waals surface area (Å²) in [6.45, 7) is 0. The third-order valence-electron chi connectivity index (χ3n) is 0. The summed E-state index contributed by atoms with van der Waals surface area (Å²) in [5.41, 5.74) is 0. The predicted octanol–water partition coefficient (Wildman–Crippen LogP) is -1.29. The number of rotatable bonds is 0. The van der Waals surface area contributed by atoms with E-state index in [0.717, 1.165) is 0 Å². The fourth-order valence-electron chi connectivity index (χ4n) is 0. The Labute approximate surface area is 72.7 Å². The van der Waals surface area contributed by atoms with Gasteiger partial charge in [-0.3, -0.25) is 0 Å². The van der Waals surface area contributed by atoms with E-state index in [1.165, 1.54) is 0 Å². The van der Waals surface area contributed by atoms with E-state index in [1.807, 2.05) is 0 Å². The summed E-state index contributed by atoms with van der Waals surface area (Å²) in [6, 6.07) is 0. The van der Waals surface area contributed by atoms with Crippen LogP contribution >= 0.6 is 6.37 Å². The van der Waals surface area contributed by atoms with Crippen LogP contribution < -0.4 is 0 Å². The van der Waals surface area contributed by atoms with Gasteiger partial charge in [-0.05, 0) is 0 Å². The molecule has 2 N–H and O–H groups in total. The van der Waals surface area contributed by atoms with E-state index in [0.29, 0.717) is 0 Å². The van der Waals surface area contributed by atoms with E-state index in [4.69, 9.17) is 14.4 Å². The zero-order valence-corrected chi connectivity index (χ0v) is 3.95. The molecule has 0 rings (SSSR count). The Hall–Kier alpha value is 1.90. The average Bonchev–Trinajstić information content (AvgIpc) is 0.722. The zero-order valence-electron chi connectivity index (χ0n) is 2.07. The van der Waals surface area contributed by atoms with Crippen molar-refractivity contribution in [1.82, 2.24) is 0 Å². The Morgan fingerprint density at radius 1 is 1.50 bits per heavy atom. The van der Waals surface area contributed by atoms with Crippen molar-refractivity contribution in [3.05, 3.63) is 0 Å². The van der Waals surface area contributed by atoms with Gasteiger partial charge in [-0.25, -0.2) is 0 Å². The molecule has 3 nitrogen and oxygen atoms in total. The second-order valence-electron chi connectivity index (χ2n) is 0.437. The summed E-state index contributed by atoms with van der Waals surface area (Å²) >= 11 is 3.23. The zero-order chi connectivity index (χ0) is 4.50. The van der Waals surface area contributed by atoms with Crippen molar-refractivity contribution >= 4 is 44.1 Å². The van der Waals surface area contributed by atoms with Gasteiger partial charge in [0, 0.05) is 0 Å². The molecule has 39 valence electrons. The summed E-state index contributed by atoms with van der Waals surface area (Å²) in [6.07, 6.45) is -4.01. The number of hydrogen-bond acceptors (Lipinski definition) is 1. The molecule has 0 aliphatic heterocycles.